The van der Waals surface area contributed by atoms with Gasteiger partial charge in [-0.2, -0.15) is 5.10 Å². The maximum absolute atomic E-state index is 5.73. The van der Waals surface area contributed by atoms with Crippen LogP contribution in [0.5, 0.6) is 0 Å². The second-order valence-electron chi connectivity index (χ2n) is 5.02. The molecule has 5 nitrogen and oxygen atoms in total. The molecule has 2 aromatic heterocycles. The summed E-state index contributed by atoms with van der Waals surface area (Å²) in [5.41, 5.74) is 7.46. The molecule has 0 fully saturated rings. The van der Waals surface area contributed by atoms with Gasteiger partial charge in [-0.1, -0.05) is 13.0 Å². The SMILES string of the molecule is CCc1cc(CC(NN)c2cncc(C)c2)n(CC)n1. The standard InChI is InChI=1S/C15H23N5/c1-4-13-7-14(20(5-2)19-13)8-15(18-16)12-6-11(3)9-17-10-12/h6-7,9-10,15,18H,4-5,8,16H2,1-3H3. The van der Waals surface area contributed by atoms with Gasteiger partial charge in [-0.3, -0.25) is 20.9 Å². The summed E-state index contributed by atoms with van der Waals surface area (Å²) in [6, 6.07) is 4.33. The Bertz CT molecular complexity index is 561. The van der Waals surface area contributed by atoms with Gasteiger partial charge in [0.2, 0.25) is 0 Å². The lowest BCUT2D eigenvalue weighted by Gasteiger charge is -2.17. The highest BCUT2D eigenvalue weighted by molar-refractivity contribution is 5.22. The van der Waals surface area contributed by atoms with Crippen molar-refractivity contribution in [1.82, 2.24) is 20.2 Å². The molecule has 2 aromatic rings. The van der Waals surface area contributed by atoms with Gasteiger partial charge < -0.3 is 0 Å². The van der Waals surface area contributed by atoms with E-state index < -0.39 is 0 Å². The third-order valence-electron chi connectivity index (χ3n) is 3.49. The number of rotatable bonds is 6. The largest absolute Gasteiger partial charge is 0.271 e. The third-order valence-corrected chi connectivity index (χ3v) is 3.49. The first-order chi connectivity index (χ1) is 9.67. The Morgan fingerprint density at radius 3 is 2.70 bits per heavy atom. The van der Waals surface area contributed by atoms with Gasteiger partial charge in [0.25, 0.3) is 0 Å². The molecule has 2 rings (SSSR count). The molecule has 108 valence electrons. The van der Waals surface area contributed by atoms with E-state index >= 15 is 0 Å². The molecule has 0 aromatic carbocycles. The van der Waals surface area contributed by atoms with E-state index in [2.05, 4.69) is 41.5 Å². The van der Waals surface area contributed by atoms with Crippen LogP contribution in [0.2, 0.25) is 0 Å². The number of nitrogens with zero attached hydrogens (tertiary/aromatic N) is 3. The van der Waals surface area contributed by atoms with Crippen LogP contribution in [0.1, 0.15) is 42.4 Å². The molecule has 20 heavy (non-hydrogen) atoms. The van der Waals surface area contributed by atoms with Gasteiger partial charge in [-0.15, -0.1) is 0 Å². The van der Waals surface area contributed by atoms with Gasteiger partial charge in [0, 0.05) is 31.1 Å². The molecule has 0 aliphatic rings. The molecule has 0 amide bonds. The normalized spacial score (nSPS) is 12.6. The van der Waals surface area contributed by atoms with E-state index in [1.165, 1.54) is 5.69 Å². The van der Waals surface area contributed by atoms with Crippen molar-refractivity contribution in [2.75, 3.05) is 0 Å². The predicted octanol–water partition coefficient (Wildman–Crippen LogP) is 1.92. The van der Waals surface area contributed by atoms with Crippen LogP contribution in [0, 0.1) is 6.92 Å². The van der Waals surface area contributed by atoms with E-state index in [-0.39, 0.29) is 6.04 Å². The molecular weight excluding hydrogens is 250 g/mol. The Morgan fingerprint density at radius 2 is 2.10 bits per heavy atom. The van der Waals surface area contributed by atoms with Crippen molar-refractivity contribution in [2.45, 2.75) is 46.2 Å². The fourth-order valence-corrected chi connectivity index (χ4v) is 2.38. The number of nitrogens with two attached hydrogens (primary N) is 1. The van der Waals surface area contributed by atoms with Gasteiger partial charge >= 0.3 is 0 Å². The second-order valence-corrected chi connectivity index (χ2v) is 5.02. The molecule has 0 bridgehead atoms. The molecule has 1 unspecified atom stereocenters. The molecule has 2 heterocycles. The zero-order chi connectivity index (χ0) is 14.5. The van der Waals surface area contributed by atoms with Crippen molar-refractivity contribution < 1.29 is 0 Å². The maximum atomic E-state index is 5.73. The van der Waals surface area contributed by atoms with Gasteiger partial charge in [-0.05, 0) is 37.5 Å². The summed E-state index contributed by atoms with van der Waals surface area (Å²) in [5.74, 6) is 5.73. The molecule has 0 radical (unpaired) electrons. The van der Waals surface area contributed by atoms with Gasteiger partial charge in [-0.25, -0.2) is 0 Å². The highest BCUT2D eigenvalue weighted by Gasteiger charge is 2.15. The second kappa shape index (κ2) is 6.63. The average molecular weight is 273 g/mol. The zero-order valence-electron chi connectivity index (χ0n) is 12.4. The minimum atomic E-state index is 0.0501. The topological polar surface area (TPSA) is 68.8 Å². The van der Waals surface area contributed by atoms with E-state index in [1.54, 1.807) is 0 Å². The smallest absolute Gasteiger partial charge is 0.0624 e. The minimum absolute atomic E-state index is 0.0501. The number of aryl methyl sites for hydroxylation is 3. The lowest BCUT2D eigenvalue weighted by atomic mass is 10.0. The molecule has 0 aliphatic carbocycles. The van der Waals surface area contributed by atoms with E-state index in [0.29, 0.717) is 0 Å². The number of hydrogen-bond donors (Lipinski definition) is 2. The third kappa shape index (κ3) is 3.23. The highest BCUT2D eigenvalue weighted by Crippen LogP contribution is 2.19. The van der Waals surface area contributed by atoms with Crippen molar-refractivity contribution in [2.24, 2.45) is 5.84 Å². The first-order valence-corrected chi connectivity index (χ1v) is 7.11. The van der Waals surface area contributed by atoms with E-state index in [4.69, 9.17) is 5.84 Å². The molecule has 5 heteroatoms. The molecular formula is C15H23N5. The summed E-state index contributed by atoms with van der Waals surface area (Å²) >= 11 is 0. The van der Waals surface area contributed by atoms with Crippen molar-refractivity contribution in [3.63, 3.8) is 0 Å². The lowest BCUT2D eigenvalue weighted by molar-refractivity contribution is 0.515. The first kappa shape index (κ1) is 14.7. The van der Waals surface area contributed by atoms with Gasteiger partial charge in [0.15, 0.2) is 0 Å². The van der Waals surface area contributed by atoms with E-state index in [9.17, 15) is 0 Å². The number of nitrogens with one attached hydrogen (secondary N) is 1. The number of hydrogen-bond acceptors (Lipinski definition) is 4. The van der Waals surface area contributed by atoms with E-state index in [1.807, 2.05) is 24.0 Å². The Morgan fingerprint density at radius 1 is 1.30 bits per heavy atom. The summed E-state index contributed by atoms with van der Waals surface area (Å²) in [5, 5.41) is 4.58. The van der Waals surface area contributed by atoms with Crippen LogP contribution in [-0.4, -0.2) is 14.8 Å². The monoisotopic (exact) mass is 273 g/mol. The zero-order valence-corrected chi connectivity index (χ0v) is 12.4. The Kier molecular flexibility index (Phi) is 4.87. The van der Waals surface area contributed by atoms with Crippen LogP contribution in [-0.2, 0) is 19.4 Å². The Balaban J connectivity index is 2.24. The maximum Gasteiger partial charge on any atom is 0.0624 e. The molecule has 3 N–H and O–H groups in total. The molecule has 1 atom stereocenters. The van der Waals surface area contributed by atoms with Crippen LogP contribution in [0.4, 0.5) is 0 Å². The van der Waals surface area contributed by atoms with Crippen molar-refractivity contribution in [3.8, 4) is 0 Å². The van der Waals surface area contributed by atoms with Crippen LogP contribution < -0.4 is 11.3 Å². The molecule has 0 saturated heterocycles. The van der Waals surface area contributed by atoms with Crippen molar-refractivity contribution in [3.05, 3.63) is 47.0 Å². The Labute approximate surface area is 120 Å². The average Bonchev–Trinajstić information content (AvgIpc) is 2.87. The minimum Gasteiger partial charge on any atom is -0.271 e. The number of pyridine rings is 1. The summed E-state index contributed by atoms with van der Waals surface area (Å²) in [4.78, 5) is 4.24. The van der Waals surface area contributed by atoms with Gasteiger partial charge in [0.05, 0.1) is 11.7 Å². The Hall–Kier alpha value is -1.72. The summed E-state index contributed by atoms with van der Waals surface area (Å²) < 4.78 is 2.05. The fraction of sp³-hybridized carbons (Fsp3) is 0.467. The van der Waals surface area contributed by atoms with Crippen molar-refractivity contribution >= 4 is 0 Å². The molecule has 0 saturated carbocycles. The van der Waals surface area contributed by atoms with Crippen molar-refractivity contribution in [1.29, 1.82) is 0 Å². The van der Waals surface area contributed by atoms with Crippen LogP contribution in [0.15, 0.2) is 24.5 Å². The number of aromatic nitrogens is 3. The first-order valence-electron chi connectivity index (χ1n) is 7.11. The summed E-state index contributed by atoms with van der Waals surface area (Å²) in [7, 11) is 0. The van der Waals surface area contributed by atoms with Crippen LogP contribution in [0.3, 0.4) is 0 Å². The molecule has 0 aliphatic heterocycles. The van der Waals surface area contributed by atoms with Crippen LogP contribution in [0.25, 0.3) is 0 Å². The number of hydrazine groups is 1. The quantitative estimate of drug-likeness (QED) is 0.623. The summed E-state index contributed by atoms with van der Waals surface area (Å²) in [6.45, 7) is 7.14. The fourth-order valence-electron chi connectivity index (χ4n) is 2.38. The van der Waals surface area contributed by atoms with Gasteiger partial charge in [0.1, 0.15) is 0 Å². The van der Waals surface area contributed by atoms with E-state index in [0.717, 1.165) is 36.2 Å². The summed E-state index contributed by atoms with van der Waals surface area (Å²) in [6.07, 6.45) is 5.47. The molecule has 0 spiro atoms. The highest BCUT2D eigenvalue weighted by atomic mass is 15.3. The lowest BCUT2D eigenvalue weighted by Crippen LogP contribution is -2.30. The predicted molar refractivity (Wildman–Crippen MR) is 80.0 cm³/mol. The van der Waals surface area contributed by atoms with Crippen LogP contribution >= 0.6 is 0 Å².